The van der Waals surface area contributed by atoms with Gasteiger partial charge < -0.3 is 14.2 Å². The van der Waals surface area contributed by atoms with Crippen molar-refractivity contribution in [3.05, 3.63) is 13.2 Å². The molecule has 1 saturated heterocycles. The van der Waals surface area contributed by atoms with E-state index < -0.39 is 0 Å². The number of unbranched alkanes of at least 4 members (excludes halogenated alkanes) is 1. The second-order valence-electron chi connectivity index (χ2n) is 11.0. The van der Waals surface area contributed by atoms with Crippen LogP contribution in [0.15, 0.2) is 13.2 Å². The summed E-state index contributed by atoms with van der Waals surface area (Å²) in [6.07, 6.45) is 11.0. The molecule has 5 rings (SSSR count). The Morgan fingerprint density at radius 2 is 1.57 bits per heavy atom. The molecule has 1 spiro atoms. The number of carbonyl (C=O) groups excluding carboxylic acids is 3. The van der Waals surface area contributed by atoms with E-state index in [9.17, 15) is 14.4 Å². The summed E-state index contributed by atoms with van der Waals surface area (Å²) in [5.41, 5.74) is -0.342. The van der Waals surface area contributed by atoms with E-state index in [-0.39, 0.29) is 40.6 Å². The van der Waals surface area contributed by atoms with Crippen LogP contribution in [0.4, 0.5) is 0 Å². The number of carbonyl (C=O) groups is 3. The maximum atomic E-state index is 12.0. The molecule has 6 heteroatoms. The van der Waals surface area contributed by atoms with E-state index in [1.54, 1.807) is 0 Å². The van der Waals surface area contributed by atoms with Gasteiger partial charge in [-0.3, -0.25) is 14.4 Å². The first-order chi connectivity index (χ1) is 19.3. The van der Waals surface area contributed by atoms with E-state index in [0.717, 1.165) is 38.5 Å². The molecule has 5 fully saturated rings. The Balaban J connectivity index is 0.000000637. The lowest BCUT2D eigenvalue weighted by atomic mass is 9.59. The quantitative estimate of drug-likeness (QED) is 0.120. The molecule has 234 valence electrons. The third kappa shape index (κ3) is 7.13. The molecule has 5 aliphatic rings. The summed E-state index contributed by atoms with van der Waals surface area (Å²) < 4.78 is 16.5. The summed E-state index contributed by atoms with van der Waals surface area (Å²) in [5.74, 6) is 1.30. The van der Waals surface area contributed by atoms with E-state index in [1.807, 2.05) is 48.5 Å². The standard InChI is InChI=1S/C15H20O4.C11H20O2.3C2H6.C2H4/c1-3-4-5-9(16)18-12-10-11-14(2,13(17)19-10)6-8-7-15(8,11)12;1-3-11(4-2,13-9-12)10-7-5-6-8-10;4*1-2/h8,10-12H,3-7H2,1-2H3;9-10H,3-8H2,1-2H3;3*1-2H3;1-2H2. The van der Waals surface area contributed by atoms with Crippen molar-refractivity contribution in [3.63, 3.8) is 0 Å². The lowest BCUT2D eigenvalue weighted by Crippen LogP contribution is -2.59. The average molecular weight is 567 g/mol. The van der Waals surface area contributed by atoms with Crippen molar-refractivity contribution in [1.29, 1.82) is 0 Å². The average Bonchev–Trinajstić information content (AvgIpc) is 3.29. The third-order valence-corrected chi connectivity index (χ3v) is 9.57. The Hall–Kier alpha value is -1.85. The molecule has 0 amide bonds. The van der Waals surface area contributed by atoms with Crippen LogP contribution < -0.4 is 0 Å². The summed E-state index contributed by atoms with van der Waals surface area (Å²) in [7, 11) is 0. The minimum absolute atomic E-state index is 0.0683. The summed E-state index contributed by atoms with van der Waals surface area (Å²) in [5, 5.41) is 0. The van der Waals surface area contributed by atoms with E-state index in [4.69, 9.17) is 14.2 Å². The van der Waals surface area contributed by atoms with Gasteiger partial charge in [0.25, 0.3) is 6.47 Å². The summed E-state index contributed by atoms with van der Waals surface area (Å²) in [6.45, 7) is 27.0. The van der Waals surface area contributed by atoms with Crippen molar-refractivity contribution < 1.29 is 28.6 Å². The highest BCUT2D eigenvalue weighted by atomic mass is 16.6. The van der Waals surface area contributed by atoms with Gasteiger partial charge in [0.05, 0.1) is 5.41 Å². The highest BCUT2D eigenvalue weighted by molar-refractivity contribution is 5.82. The molecule has 0 aromatic rings. The maximum absolute atomic E-state index is 12.0. The lowest BCUT2D eigenvalue weighted by molar-refractivity contribution is -0.198. The monoisotopic (exact) mass is 566 g/mol. The van der Waals surface area contributed by atoms with Crippen molar-refractivity contribution in [2.75, 3.05) is 0 Å². The Morgan fingerprint density at radius 1 is 1.02 bits per heavy atom. The molecule has 0 radical (unpaired) electrons. The molecule has 4 saturated carbocycles. The smallest absolute Gasteiger partial charge is 0.312 e. The van der Waals surface area contributed by atoms with Crippen LogP contribution in [0.5, 0.6) is 0 Å². The van der Waals surface area contributed by atoms with Crippen LogP contribution in [0.1, 0.15) is 140 Å². The van der Waals surface area contributed by atoms with E-state index >= 15 is 0 Å². The molecule has 0 aromatic heterocycles. The molecule has 4 aliphatic carbocycles. The van der Waals surface area contributed by atoms with Crippen LogP contribution in [0.3, 0.4) is 0 Å². The van der Waals surface area contributed by atoms with Gasteiger partial charge >= 0.3 is 11.9 Å². The molecule has 6 unspecified atom stereocenters. The molecule has 0 N–H and O–H groups in total. The van der Waals surface area contributed by atoms with Crippen LogP contribution in [0, 0.1) is 28.6 Å². The highest BCUT2D eigenvalue weighted by Crippen LogP contribution is 2.84. The van der Waals surface area contributed by atoms with Gasteiger partial charge in [0.15, 0.2) is 0 Å². The van der Waals surface area contributed by atoms with Gasteiger partial charge in [0.2, 0.25) is 0 Å². The molecule has 6 nitrogen and oxygen atoms in total. The van der Waals surface area contributed by atoms with Crippen molar-refractivity contribution in [2.45, 2.75) is 158 Å². The number of rotatable bonds is 9. The number of esters is 2. The van der Waals surface area contributed by atoms with Gasteiger partial charge in [-0.15, -0.1) is 13.2 Å². The van der Waals surface area contributed by atoms with Gasteiger partial charge in [-0.1, -0.05) is 81.6 Å². The van der Waals surface area contributed by atoms with E-state index in [1.165, 1.54) is 25.7 Å². The highest BCUT2D eigenvalue weighted by Gasteiger charge is 2.89. The Kier molecular flexibility index (Phi) is 17.0. The molecule has 40 heavy (non-hydrogen) atoms. The Labute approximate surface area is 246 Å². The fourth-order valence-electron chi connectivity index (χ4n) is 7.73. The van der Waals surface area contributed by atoms with E-state index in [2.05, 4.69) is 33.9 Å². The topological polar surface area (TPSA) is 78.9 Å². The van der Waals surface area contributed by atoms with Crippen molar-refractivity contribution in [2.24, 2.45) is 28.6 Å². The minimum atomic E-state index is -0.292. The largest absolute Gasteiger partial charge is 0.461 e. The lowest BCUT2D eigenvalue weighted by Gasteiger charge is -2.47. The Bertz CT molecular complexity index is 756. The number of hydrogen-bond donors (Lipinski definition) is 0. The summed E-state index contributed by atoms with van der Waals surface area (Å²) in [6, 6.07) is 0. The second-order valence-corrected chi connectivity index (χ2v) is 11.0. The molecular formula is C34H62O6. The van der Waals surface area contributed by atoms with Crippen LogP contribution in [0.2, 0.25) is 0 Å². The Morgan fingerprint density at radius 3 is 2.05 bits per heavy atom. The van der Waals surface area contributed by atoms with Crippen molar-refractivity contribution >= 4 is 18.4 Å². The second kappa shape index (κ2) is 17.9. The SMILES string of the molecule is C=C.CC.CC.CC.CCC(CC)(OC=O)C1CCCC1.CCCCC(=O)OC1C2OC(=O)C3(C)CC4CC41C23. The summed E-state index contributed by atoms with van der Waals surface area (Å²) >= 11 is 0. The van der Waals surface area contributed by atoms with Crippen LogP contribution >= 0.6 is 0 Å². The zero-order valence-electron chi connectivity index (χ0n) is 27.6. The van der Waals surface area contributed by atoms with Gasteiger partial charge in [-0.05, 0) is 63.7 Å². The molecular weight excluding hydrogens is 504 g/mol. The third-order valence-electron chi connectivity index (χ3n) is 9.57. The van der Waals surface area contributed by atoms with Crippen LogP contribution in [-0.4, -0.2) is 36.2 Å². The zero-order chi connectivity index (χ0) is 31.1. The van der Waals surface area contributed by atoms with Crippen molar-refractivity contribution in [1.82, 2.24) is 0 Å². The first kappa shape index (κ1) is 38.1. The number of ether oxygens (including phenoxy) is 3. The zero-order valence-corrected chi connectivity index (χ0v) is 27.6. The van der Waals surface area contributed by atoms with Gasteiger partial charge in [-0.2, -0.15) is 0 Å². The maximum Gasteiger partial charge on any atom is 0.312 e. The van der Waals surface area contributed by atoms with E-state index in [0.29, 0.717) is 30.6 Å². The van der Waals surface area contributed by atoms with Crippen molar-refractivity contribution in [3.8, 4) is 0 Å². The molecule has 0 aromatic carbocycles. The van der Waals surface area contributed by atoms with Gasteiger partial charge in [-0.25, -0.2) is 0 Å². The summed E-state index contributed by atoms with van der Waals surface area (Å²) in [4.78, 5) is 34.3. The molecule has 0 bridgehead atoms. The molecule has 6 atom stereocenters. The molecule has 1 aliphatic heterocycles. The van der Waals surface area contributed by atoms with Crippen LogP contribution in [0.25, 0.3) is 0 Å². The normalized spacial score (nSPS) is 31.4. The predicted octanol–water partition coefficient (Wildman–Crippen LogP) is 8.85. The predicted molar refractivity (Wildman–Crippen MR) is 164 cm³/mol. The number of hydrogen-bond acceptors (Lipinski definition) is 6. The first-order valence-electron chi connectivity index (χ1n) is 16.3. The fourth-order valence-corrected chi connectivity index (χ4v) is 7.73. The van der Waals surface area contributed by atoms with Crippen LogP contribution in [-0.2, 0) is 28.6 Å². The van der Waals surface area contributed by atoms with Gasteiger partial charge in [0, 0.05) is 17.8 Å². The van der Waals surface area contributed by atoms with Gasteiger partial charge in [0.1, 0.15) is 17.8 Å². The molecule has 1 heterocycles. The minimum Gasteiger partial charge on any atom is -0.461 e. The first-order valence-corrected chi connectivity index (χ1v) is 16.3. The fraction of sp³-hybridized carbons (Fsp3) is 0.853.